The van der Waals surface area contributed by atoms with Gasteiger partial charge in [0.1, 0.15) is 11.6 Å². The number of aryl methyl sites for hydroxylation is 1. The second-order valence-electron chi connectivity index (χ2n) is 5.18. The van der Waals surface area contributed by atoms with Crippen LogP contribution in [0.4, 0.5) is 0 Å². The van der Waals surface area contributed by atoms with E-state index in [4.69, 9.17) is 5.26 Å². The Morgan fingerprint density at radius 1 is 1.30 bits per heavy atom. The zero-order valence-electron chi connectivity index (χ0n) is 12.2. The summed E-state index contributed by atoms with van der Waals surface area (Å²) in [7, 11) is 0. The molecule has 0 unspecified atom stereocenters. The molecule has 114 valence electrons. The fraction of sp³-hybridized carbons (Fsp3) is 0.118. The third kappa shape index (κ3) is 2.83. The Bertz CT molecular complexity index is 1000. The molecule has 0 atom stereocenters. The Morgan fingerprint density at radius 3 is 2.65 bits per heavy atom. The third-order valence-corrected chi connectivity index (χ3v) is 4.27. The molecule has 0 aliphatic carbocycles. The molecular formula is C17H12BrN3O2. The minimum absolute atomic E-state index is 0.00479. The van der Waals surface area contributed by atoms with Crippen LogP contribution in [0.1, 0.15) is 17.0 Å². The lowest BCUT2D eigenvalue weighted by Crippen LogP contribution is -2.24. The van der Waals surface area contributed by atoms with E-state index in [1.165, 1.54) is 6.07 Å². The topological polar surface area (TPSA) is 78.9 Å². The Labute approximate surface area is 140 Å². The number of phenols is 1. The highest BCUT2D eigenvalue weighted by atomic mass is 79.9. The molecule has 5 nitrogen and oxygen atoms in total. The maximum atomic E-state index is 12.7. The zero-order chi connectivity index (χ0) is 16.6. The average molecular weight is 370 g/mol. The van der Waals surface area contributed by atoms with Crippen molar-refractivity contribution in [1.29, 1.82) is 5.26 Å². The van der Waals surface area contributed by atoms with Crippen molar-refractivity contribution in [3.05, 3.63) is 68.2 Å². The summed E-state index contributed by atoms with van der Waals surface area (Å²) in [6.45, 7) is 2.13. The normalized spacial score (nSPS) is 10.7. The first-order chi connectivity index (χ1) is 11.0. The van der Waals surface area contributed by atoms with Crippen LogP contribution in [0.2, 0.25) is 0 Å². The molecule has 0 spiro atoms. The number of nitriles is 1. The Morgan fingerprint density at radius 2 is 2.00 bits per heavy atom. The Balaban J connectivity index is 2.12. The zero-order valence-corrected chi connectivity index (χ0v) is 13.8. The first-order valence-electron chi connectivity index (χ1n) is 6.88. The van der Waals surface area contributed by atoms with Crippen molar-refractivity contribution in [2.75, 3.05) is 0 Å². The van der Waals surface area contributed by atoms with E-state index in [1.54, 1.807) is 29.7 Å². The number of hydrogen-bond donors (Lipinski definition) is 1. The van der Waals surface area contributed by atoms with E-state index in [2.05, 4.69) is 27.0 Å². The second kappa shape index (κ2) is 5.86. The van der Waals surface area contributed by atoms with E-state index in [9.17, 15) is 9.90 Å². The van der Waals surface area contributed by atoms with Gasteiger partial charge in [-0.3, -0.25) is 9.36 Å². The lowest BCUT2D eigenvalue weighted by atomic mass is 10.1. The number of phenolic OH excluding ortho intramolecular Hbond substituents is 1. The number of benzene rings is 2. The smallest absolute Gasteiger partial charge is 0.261 e. The molecule has 3 rings (SSSR count). The summed E-state index contributed by atoms with van der Waals surface area (Å²) in [6, 6.07) is 12.2. The average Bonchev–Trinajstić information content (AvgIpc) is 2.54. The Hall–Kier alpha value is -2.65. The molecule has 0 aliphatic heterocycles. The molecule has 1 heterocycles. The van der Waals surface area contributed by atoms with Crippen molar-refractivity contribution < 1.29 is 5.11 Å². The number of halogens is 1. The summed E-state index contributed by atoms with van der Waals surface area (Å²) in [4.78, 5) is 17.1. The van der Waals surface area contributed by atoms with E-state index >= 15 is 0 Å². The van der Waals surface area contributed by atoms with Gasteiger partial charge in [0.2, 0.25) is 0 Å². The van der Waals surface area contributed by atoms with Crippen LogP contribution >= 0.6 is 15.9 Å². The molecule has 23 heavy (non-hydrogen) atoms. The summed E-state index contributed by atoms with van der Waals surface area (Å²) < 4.78 is 2.05. The van der Waals surface area contributed by atoms with Crippen molar-refractivity contribution in [3.63, 3.8) is 0 Å². The van der Waals surface area contributed by atoms with Crippen LogP contribution in [0.5, 0.6) is 5.75 Å². The molecule has 1 N–H and O–H groups in total. The number of aromatic nitrogens is 2. The minimum Gasteiger partial charge on any atom is -0.507 e. The van der Waals surface area contributed by atoms with E-state index in [0.29, 0.717) is 33.3 Å². The molecule has 6 heteroatoms. The first kappa shape index (κ1) is 15.3. The fourth-order valence-corrected chi connectivity index (χ4v) is 2.73. The highest BCUT2D eigenvalue weighted by Gasteiger charge is 2.11. The monoisotopic (exact) mass is 369 g/mol. The predicted molar refractivity (Wildman–Crippen MR) is 90.4 cm³/mol. The van der Waals surface area contributed by atoms with Gasteiger partial charge in [0.15, 0.2) is 0 Å². The summed E-state index contributed by atoms with van der Waals surface area (Å²) in [5.74, 6) is 0.592. The second-order valence-corrected chi connectivity index (χ2v) is 6.03. The fourth-order valence-electron chi connectivity index (χ4n) is 2.40. The quantitative estimate of drug-likeness (QED) is 0.752. The van der Waals surface area contributed by atoms with Gasteiger partial charge in [-0.2, -0.15) is 5.26 Å². The molecule has 0 saturated carbocycles. The SMILES string of the molecule is Cc1nc2cc(Br)c(O)cc2c(=O)n1Cc1ccc(C#N)cc1. The van der Waals surface area contributed by atoms with E-state index in [-0.39, 0.29) is 11.3 Å². The van der Waals surface area contributed by atoms with Crippen LogP contribution in [-0.4, -0.2) is 14.7 Å². The van der Waals surface area contributed by atoms with Crippen LogP contribution < -0.4 is 5.56 Å². The van der Waals surface area contributed by atoms with Crippen LogP contribution in [0, 0.1) is 18.3 Å². The molecule has 1 aromatic heterocycles. The molecule has 0 aliphatic rings. The highest BCUT2D eigenvalue weighted by molar-refractivity contribution is 9.10. The van der Waals surface area contributed by atoms with Crippen molar-refractivity contribution in [1.82, 2.24) is 9.55 Å². The number of rotatable bonds is 2. The number of aromatic hydroxyl groups is 1. The first-order valence-corrected chi connectivity index (χ1v) is 7.67. The maximum Gasteiger partial charge on any atom is 0.261 e. The number of hydrogen-bond acceptors (Lipinski definition) is 4. The number of fused-ring (bicyclic) bond motifs is 1. The van der Waals surface area contributed by atoms with Gasteiger partial charge in [-0.05, 0) is 52.7 Å². The van der Waals surface area contributed by atoms with Gasteiger partial charge in [-0.25, -0.2) is 4.98 Å². The molecular weight excluding hydrogens is 358 g/mol. The van der Waals surface area contributed by atoms with Gasteiger partial charge in [-0.15, -0.1) is 0 Å². The molecule has 0 bridgehead atoms. The van der Waals surface area contributed by atoms with Gasteiger partial charge in [0.25, 0.3) is 5.56 Å². The largest absolute Gasteiger partial charge is 0.507 e. The van der Waals surface area contributed by atoms with Crippen molar-refractivity contribution in [2.45, 2.75) is 13.5 Å². The van der Waals surface area contributed by atoms with Crippen LogP contribution in [0.25, 0.3) is 10.9 Å². The maximum absolute atomic E-state index is 12.7. The van der Waals surface area contributed by atoms with Crippen LogP contribution in [0.15, 0.2) is 45.7 Å². The molecule has 2 aromatic carbocycles. The van der Waals surface area contributed by atoms with Crippen molar-refractivity contribution in [3.8, 4) is 11.8 Å². The molecule has 3 aromatic rings. The van der Waals surface area contributed by atoms with Gasteiger partial charge in [0.05, 0.1) is 33.6 Å². The van der Waals surface area contributed by atoms with Gasteiger partial charge in [0, 0.05) is 0 Å². The van der Waals surface area contributed by atoms with E-state index in [1.807, 2.05) is 12.1 Å². The third-order valence-electron chi connectivity index (χ3n) is 3.64. The van der Waals surface area contributed by atoms with Crippen LogP contribution in [-0.2, 0) is 6.54 Å². The van der Waals surface area contributed by atoms with Crippen molar-refractivity contribution in [2.24, 2.45) is 0 Å². The Kier molecular flexibility index (Phi) is 3.89. The van der Waals surface area contributed by atoms with Gasteiger partial charge < -0.3 is 5.11 Å². The molecule has 0 fully saturated rings. The van der Waals surface area contributed by atoms with Crippen LogP contribution in [0.3, 0.4) is 0 Å². The summed E-state index contributed by atoms with van der Waals surface area (Å²) >= 11 is 3.23. The summed E-state index contributed by atoms with van der Waals surface area (Å²) in [5.41, 5.74) is 1.80. The van der Waals surface area contributed by atoms with Gasteiger partial charge >= 0.3 is 0 Å². The summed E-state index contributed by atoms with van der Waals surface area (Å²) in [6.07, 6.45) is 0. The van der Waals surface area contributed by atoms with E-state index < -0.39 is 0 Å². The highest BCUT2D eigenvalue weighted by Crippen LogP contribution is 2.27. The molecule has 0 amide bonds. The lowest BCUT2D eigenvalue weighted by molar-refractivity contribution is 0.472. The number of nitrogens with zero attached hydrogens (tertiary/aromatic N) is 3. The minimum atomic E-state index is -0.209. The van der Waals surface area contributed by atoms with E-state index in [0.717, 1.165) is 5.56 Å². The summed E-state index contributed by atoms with van der Waals surface area (Å²) in [5, 5.41) is 19.0. The predicted octanol–water partition coefficient (Wildman–Crippen LogP) is 3.09. The van der Waals surface area contributed by atoms with Crippen molar-refractivity contribution >= 4 is 26.8 Å². The van der Waals surface area contributed by atoms with Gasteiger partial charge in [-0.1, -0.05) is 12.1 Å². The molecule has 0 saturated heterocycles. The molecule has 0 radical (unpaired) electrons. The standard InChI is InChI=1S/C17H12BrN3O2/c1-10-20-15-7-14(18)16(22)6-13(15)17(23)21(10)9-12-4-2-11(8-19)3-5-12/h2-7,22H,9H2,1H3. The lowest BCUT2D eigenvalue weighted by Gasteiger charge is -2.11.